The Morgan fingerprint density at radius 1 is 0.895 bits per heavy atom. The Kier molecular flexibility index (Phi) is 3.52. The van der Waals surface area contributed by atoms with Gasteiger partial charge in [0, 0.05) is 11.1 Å². The van der Waals surface area contributed by atoms with E-state index in [2.05, 4.69) is 0 Å². The van der Waals surface area contributed by atoms with Crippen molar-refractivity contribution < 1.29 is 19.5 Å². The first-order valence-corrected chi connectivity index (χ1v) is 5.54. The van der Waals surface area contributed by atoms with Crippen molar-refractivity contribution in [3.05, 3.63) is 59.2 Å². The summed E-state index contributed by atoms with van der Waals surface area (Å²) >= 11 is 0. The van der Waals surface area contributed by atoms with Crippen LogP contribution in [0.15, 0.2) is 42.5 Å². The van der Waals surface area contributed by atoms with Crippen LogP contribution in [0.4, 0.5) is 0 Å². The third-order valence-electron chi connectivity index (χ3n) is 2.77. The van der Waals surface area contributed by atoms with Gasteiger partial charge < -0.3 is 5.11 Å². The summed E-state index contributed by atoms with van der Waals surface area (Å²) in [6, 6.07) is 11.0. The fourth-order valence-corrected chi connectivity index (χ4v) is 1.81. The molecule has 0 fully saturated rings. The molecule has 0 unspecified atom stereocenters. The summed E-state index contributed by atoms with van der Waals surface area (Å²) in [6.45, 7) is 0. The molecule has 4 heteroatoms. The molecule has 0 bridgehead atoms. The first-order chi connectivity index (χ1) is 9.15. The molecule has 0 saturated heterocycles. The van der Waals surface area contributed by atoms with Crippen LogP contribution < -0.4 is 0 Å². The lowest BCUT2D eigenvalue weighted by atomic mass is 9.97. The predicted octanol–water partition coefficient (Wildman–Crippen LogP) is 2.68. The normalized spacial score (nSPS) is 9.89. The first-order valence-electron chi connectivity index (χ1n) is 5.54. The maximum atomic E-state index is 11.2. The zero-order chi connectivity index (χ0) is 13.8. The highest BCUT2D eigenvalue weighted by Gasteiger charge is 2.12. The van der Waals surface area contributed by atoms with E-state index in [1.165, 1.54) is 6.07 Å². The average molecular weight is 254 g/mol. The minimum Gasteiger partial charge on any atom is -0.478 e. The SMILES string of the molecule is O=Cc1ccc(-c2ccc(C=O)cc2C(=O)O)cc1. The summed E-state index contributed by atoms with van der Waals surface area (Å²) in [5, 5.41) is 9.18. The molecule has 0 amide bonds. The van der Waals surface area contributed by atoms with E-state index in [4.69, 9.17) is 0 Å². The van der Waals surface area contributed by atoms with Crippen LogP contribution in [0.1, 0.15) is 31.1 Å². The van der Waals surface area contributed by atoms with Crippen molar-refractivity contribution in [1.29, 1.82) is 0 Å². The van der Waals surface area contributed by atoms with Crippen LogP contribution in [0.2, 0.25) is 0 Å². The van der Waals surface area contributed by atoms with Crippen molar-refractivity contribution in [1.82, 2.24) is 0 Å². The lowest BCUT2D eigenvalue weighted by Gasteiger charge is -2.07. The Hall–Kier alpha value is -2.75. The summed E-state index contributed by atoms with van der Waals surface area (Å²) < 4.78 is 0. The topological polar surface area (TPSA) is 71.4 Å². The summed E-state index contributed by atoms with van der Waals surface area (Å²) in [5.74, 6) is -1.10. The summed E-state index contributed by atoms with van der Waals surface area (Å²) in [5.41, 5.74) is 2.08. The molecule has 0 heterocycles. The van der Waals surface area contributed by atoms with E-state index < -0.39 is 5.97 Å². The largest absolute Gasteiger partial charge is 0.478 e. The van der Waals surface area contributed by atoms with Gasteiger partial charge in [0.15, 0.2) is 0 Å². The Morgan fingerprint density at radius 3 is 2.00 bits per heavy atom. The van der Waals surface area contributed by atoms with Gasteiger partial charge in [0.2, 0.25) is 0 Å². The third-order valence-corrected chi connectivity index (χ3v) is 2.77. The standard InChI is InChI=1S/C15H10O4/c16-8-10-1-4-12(5-2-10)13-6-3-11(9-17)7-14(13)15(18)19/h1-9H,(H,18,19). The molecular formula is C15H10O4. The zero-order valence-electron chi connectivity index (χ0n) is 9.87. The fourth-order valence-electron chi connectivity index (χ4n) is 1.81. The number of carbonyl (C=O) groups excluding carboxylic acids is 2. The van der Waals surface area contributed by atoms with Crippen molar-refractivity contribution in [2.45, 2.75) is 0 Å². The molecule has 2 aromatic rings. The monoisotopic (exact) mass is 254 g/mol. The van der Waals surface area contributed by atoms with Crippen LogP contribution in [-0.4, -0.2) is 23.6 Å². The molecule has 4 nitrogen and oxygen atoms in total. The van der Waals surface area contributed by atoms with Gasteiger partial charge in [0.1, 0.15) is 12.6 Å². The van der Waals surface area contributed by atoms with E-state index in [0.29, 0.717) is 28.5 Å². The second kappa shape index (κ2) is 5.27. The van der Waals surface area contributed by atoms with Crippen LogP contribution in [-0.2, 0) is 0 Å². The molecular weight excluding hydrogens is 244 g/mol. The number of carboxylic acids is 1. The molecule has 19 heavy (non-hydrogen) atoms. The molecule has 1 N–H and O–H groups in total. The van der Waals surface area contributed by atoms with Gasteiger partial charge in [-0.15, -0.1) is 0 Å². The highest BCUT2D eigenvalue weighted by molar-refractivity contribution is 5.98. The number of aldehydes is 2. The smallest absolute Gasteiger partial charge is 0.336 e. The van der Waals surface area contributed by atoms with Crippen LogP contribution in [0.3, 0.4) is 0 Å². The molecule has 0 aromatic heterocycles. The number of carboxylic acid groups (broad SMARTS) is 1. The first kappa shape index (κ1) is 12.7. The van der Waals surface area contributed by atoms with E-state index in [0.717, 1.165) is 6.29 Å². The predicted molar refractivity (Wildman–Crippen MR) is 69.6 cm³/mol. The molecule has 0 radical (unpaired) electrons. The Balaban J connectivity index is 2.56. The minimum atomic E-state index is -1.10. The Bertz CT molecular complexity index is 642. The van der Waals surface area contributed by atoms with Crippen LogP contribution in [0, 0.1) is 0 Å². The molecule has 0 spiro atoms. The number of hydrogen-bond acceptors (Lipinski definition) is 3. The van der Waals surface area contributed by atoms with Crippen molar-refractivity contribution in [2.24, 2.45) is 0 Å². The van der Waals surface area contributed by atoms with Gasteiger partial charge in [0.25, 0.3) is 0 Å². The van der Waals surface area contributed by atoms with Crippen molar-refractivity contribution in [3.63, 3.8) is 0 Å². The van der Waals surface area contributed by atoms with Gasteiger partial charge >= 0.3 is 5.97 Å². The van der Waals surface area contributed by atoms with E-state index >= 15 is 0 Å². The third kappa shape index (κ3) is 2.57. The summed E-state index contributed by atoms with van der Waals surface area (Å²) in [4.78, 5) is 32.5. The number of aromatic carboxylic acids is 1. The van der Waals surface area contributed by atoms with Gasteiger partial charge in [-0.2, -0.15) is 0 Å². The highest BCUT2D eigenvalue weighted by atomic mass is 16.4. The van der Waals surface area contributed by atoms with E-state index in [-0.39, 0.29) is 5.56 Å². The lowest BCUT2D eigenvalue weighted by Crippen LogP contribution is -2.01. The van der Waals surface area contributed by atoms with Gasteiger partial charge in [-0.05, 0) is 17.2 Å². The molecule has 94 valence electrons. The van der Waals surface area contributed by atoms with E-state index in [1.54, 1.807) is 36.4 Å². The number of carbonyl (C=O) groups is 3. The summed E-state index contributed by atoms with van der Waals surface area (Å²) in [6.07, 6.45) is 1.32. The van der Waals surface area contributed by atoms with Crippen LogP contribution in [0.5, 0.6) is 0 Å². The maximum absolute atomic E-state index is 11.2. The van der Waals surface area contributed by atoms with Crippen molar-refractivity contribution >= 4 is 18.5 Å². The highest BCUT2D eigenvalue weighted by Crippen LogP contribution is 2.25. The molecule has 0 saturated carbocycles. The van der Waals surface area contributed by atoms with Gasteiger partial charge in [-0.25, -0.2) is 4.79 Å². The Morgan fingerprint density at radius 2 is 1.47 bits per heavy atom. The maximum Gasteiger partial charge on any atom is 0.336 e. The van der Waals surface area contributed by atoms with Crippen molar-refractivity contribution in [3.8, 4) is 11.1 Å². The van der Waals surface area contributed by atoms with Crippen LogP contribution in [0.25, 0.3) is 11.1 Å². The Labute approximate surface area is 109 Å². The van der Waals surface area contributed by atoms with Gasteiger partial charge in [-0.3, -0.25) is 9.59 Å². The number of hydrogen-bond donors (Lipinski definition) is 1. The molecule has 0 aliphatic heterocycles. The van der Waals surface area contributed by atoms with Gasteiger partial charge in [-0.1, -0.05) is 36.4 Å². The fraction of sp³-hybridized carbons (Fsp3) is 0. The van der Waals surface area contributed by atoms with Crippen molar-refractivity contribution in [2.75, 3.05) is 0 Å². The lowest BCUT2D eigenvalue weighted by molar-refractivity contribution is 0.0697. The molecule has 2 rings (SSSR count). The molecule has 0 atom stereocenters. The minimum absolute atomic E-state index is 0.0588. The second-order valence-corrected chi connectivity index (χ2v) is 3.97. The van der Waals surface area contributed by atoms with Crippen LogP contribution >= 0.6 is 0 Å². The van der Waals surface area contributed by atoms with E-state index in [1.807, 2.05) is 0 Å². The second-order valence-electron chi connectivity index (χ2n) is 3.97. The molecule has 0 aliphatic carbocycles. The average Bonchev–Trinajstić information content (AvgIpc) is 2.46. The van der Waals surface area contributed by atoms with E-state index in [9.17, 15) is 19.5 Å². The van der Waals surface area contributed by atoms with Gasteiger partial charge in [0.05, 0.1) is 5.56 Å². The number of benzene rings is 2. The number of rotatable bonds is 4. The zero-order valence-corrected chi connectivity index (χ0v) is 9.87. The molecule has 0 aliphatic rings. The summed E-state index contributed by atoms with van der Waals surface area (Å²) in [7, 11) is 0. The molecule has 2 aromatic carbocycles. The quantitative estimate of drug-likeness (QED) is 0.851.